The minimum atomic E-state index is 0.302. The van der Waals surface area contributed by atoms with Crippen molar-refractivity contribution in [2.75, 3.05) is 19.0 Å². The minimum absolute atomic E-state index is 0.302. The Morgan fingerprint density at radius 2 is 2.19 bits per heavy atom. The van der Waals surface area contributed by atoms with E-state index in [4.69, 9.17) is 21.1 Å². The van der Waals surface area contributed by atoms with Crippen molar-refractivity contribution >= 4 is 33.5 Å². The number of halogens is 2. The van der Waals surface area contributed by atoms with Crippen molar-refractivity contribution in [3.63, 3.8) is 0 Å². The van der Waals surface area contributed by atoms with Gasteiger partial charge in [0.05, 0.1) is 17.8 Å². The van der Waals surface area contributed by atoms with Crippen molar-refractivity contribution in [1.29, 1.82) is 0 Å². The summed E-state index contributed by atoms with van der Waals surface area (Å²) < 4.78 is 11.6. The van der Waals surface area contributed by atoms with Crippen LogP contribution in [0.15, 0.2) is 28.9 Å². The number of benzene rings is 1. The summed E-state index contributed by atoms with van der Waals surface area (Å²) in [7, 11) is 1.61. The van der Waals surface area contributed by atoms with Crippen molar-refractivity contribution in [3.05, 3.63) is 33.9 Å². The molecule has 21 heavy (non-hydrogen) atoms. The molecule has 0 radical (unpaired) electrons. The molecule has 1 heterocycles. The lowest BCUT2D eigenvalue weighted by atomic mass is 10.3. The molecule has 0 aliphatic heterocycles. The van der Waals surface area contributed by atoms with E-state index in [2.05, 4.69) is 38.1 Å². The molecule has 5 nitrogen and oxygen atoms in total. The summed E-state index contributed by atoms with van der Waals surface area (Å²) in [4.78, 5) is 8.36. The average molecular weight is 373 g/mol. The molecule has 1 aromatic heterocycles. The second-order valence-corrected chi connectivity index (χ2v) is 5.43. The molecule has 1 N–H and O–H groups in total. The third-order valence-electron chi connectivity index (χ3n) is 2.59. The highest BCUT2D eigenvalue weighted by molar-refractivity contribution is 9.10. The first-order valence-electron chi connectivity index (χ1n) is 6.41. The van der Waals surface area contributed by atoms with Gasteiger partial charge in [-0.2, -0.15) is 4.98 Å². The van der Waals surface area contributed by atoms with Crippen LogP contribution in [0.1, 0.15) is 13.3 Å². The van der Waals surface area contributed by atoms with Crippen molar-refractivity contribution in [3.8, 4) is 17.4 Å². The normalized spacial score (nSPS) is 10.3. The van der Waals surface area contributed by atoms with Crippen LogP contribution in [-0.2, 0) is 0 Å². The summed E-state index contributed by atoms with van der Waals surface area (Å²) >= 11 is 9.50. The average Bonchev–Trinajstić information content (AvgIpc) is 2.49. The van der Waals surface area contributed by atoms with Crippen LogP contribution in [0.25, 0.3) is 0 Å². The molecular formula is C14H15BrClN3O2. The van der Waals surface area contributed by atoms with Gasteiger partial charge in [-0.1, -0.05) is 18.5 Å². The molecule has 0 unspecified atom stereocenters. The number of ether oxygens (including phenoxy) is 2. The number of nitrogens with one attached hydrogen (secondary N) is 1. The number of nitrogens with zero attached hydrogens (tertiary/aromatic N) is 2. The summed E-state index contributed by atoms with van der Waals surface area (Å²) in [5.41, 5.74) is 0. The Hall–Kier alpha value is -1.53. The van der Waals surface area contributed by atoms with E-state index < -0.39 is 0 Å². The Morgan fingerprint density at radius 1 is 1.38 bits per heavy atom. The quantitative estimate of drug-likeness (QED) is 0.808. The first-order chi connectivity index (χ1) is 10.1. The smallest absolute Gasteiger partial charge is 0.243 e. The maximum atomic E-state index is 6.07. The first kappa shape index (κ1) is 15.9. The fraction of sp³-hybridized carbons (Fsp3) is 0.286. The van der Waals surface area contributed by atoms with Crippen molar-refractivity contribution in [2.45, 2.75) is 13.3 Å². The number of hydrogen-bond acceptors (Lipinski definition) is 5. The summed E-state index contributed by atoms with van der Waals surface area (Å²) in [5, 5.41) is 3.44. The predicted octanol–water partition coefficient (Wildman–Crippen LogP) is 4.52. The molecule has 2 aromatic rings. The molecule has 7 heteroatoms. The van der Waals surface area contributed by atoms with Gasteiger partial charge in [-0.15, -0.1) is 0 Å². The zero-order valence-corrected chi connectivity index (χ0v) is 14.0. The Morgan fingerprint density at radius 3 is 2.86 bits per heavy atom. The van der Waals surface area contributed by atoms with E-state index in [1.807, 2.05) is 0 Å². The third kappa shape index (κ3) is 4.22. The van der Waals surface area contributed by atoms with E-state index in [-0.39, 0.29) is 0 Å². The number of hydrogen-bond donors (Lipinski definition) is 1. The van der Waals surface area contributed by atoms with E-state index in [1.54, 1.807) is 25.3 Å². The SMILES string of the molecule is CCCNc1ncc(Cl)c(Oc2ccc(OC)cc2Br)n1. The lowest BCUT2D eigenvalue weighted by Gasteiger charge is -2.10. The standard InChI is InChI=1S/C14H15BrClN3O2/c1-3-6-17-14-18-8-11(16)13(19-14)21-12-5-4-9(20-2)7-10(12)15/h4-5,7-8H,3,6H2,1-2H3,(H,17,18,19). The fourth-order valence-corrected chi connectivity index (χ4v) is 2.11. The van der Waals surface area contributed by atoms with E-state index >= 15 is 0 Å². The van der Waals surface area contributed by atoms with Gasteiger partial charge in [0.25, 0.3) is 0 Å². The van der Waals surface area contributed by atoms with E-state index in [9.17, 15) is 0 Å². The molecule has 0 saturated heterocycles. The van der Waals surface area contributed by atoms with E-state index in [0.717, 1.165) is 23.2 Å². The second kappa shape index (κ2) is 7.47. The molecule has 0 atom stereocenters. The molecule has 0 aliphatic carbocycles. The van der Waals surface area contributed by atoms with Gasteiger partial charge >= 0.3 is 0 Å². The maximum absolute atomic E-state index is 6.07. The zero-order valence-electron chi connectivity index (χ0n) is 11.7. The Kier molecular flexibility index (Phi) is 5.64. The molecule has 0 saturated carbocycles. The minimum Gasteiger partial charge on any atom is -0.497 e. The lowest BCUT2D eigenvalue weighted by molar-refractivity contribution is 0.411. The highest BCUT2D eigenvalue weighted by Crippen LogP contribution is 2.34. The van der Waals surface area contributed by atoms with Gasteiger partial charge < -0.3 is 14.8 Å². The molecule has 0 aliphatic rings. The number of methoxy groups -OCH3 is 1. The van der Waals surface area contributed by atoms with Crippen LogP contribution in [-0.4, -0.2) is 23.6 Å². The van der Waals surface area contributed by atoms with Crippen LogP contribution >= 0.6 is 27.5 Å². The Labute approximate surface area is 136 Å². The molecule has 1 aromatic carbocycles. The Balaban J connectivity index is 2.22. The van der Waals surface area contributed by atoms with Gasteiger partial charge in [0, 0.05) is 6.54 Å². The summed E-state index contributed by atoms with van der Waals surface area (Å²) in [5.74, 6) is 2.11. The fourth-order valence-electron chi connectivity index (χ4n) is 1.54. The highest BCUT2D eigenvalue weighted by atomic mass is 79.9. The van der Waals surface area contributed by atoms with Gasteiger partial charge in [-0.3, -0.25) is 0 Å². The summed E-state index contributed by atoms with van der Waals surface area (Å²) in [6.07, 6.45) is 2.49. The van der Waals surface area contributed by atoms with Gasteiger partial charge in [-0.25, -0.2) is 4.98 Å². The first-order valence-corrected chi connectivity index (χ1v) is 7.59. The predicted molar refractivity (Wildman–Crippen MR) is 86.6 cm³/mol. The van der Waals surface area contributed by atoms with Crippen LogP contribution in [0, 0.1) is 0 Å². The van der Waals surface area contributed by atoms with Crippen LogP contribution in [0.4, 0.5) is 5.95 Å². The molecule has 0 spiro atoms. The van der Waals surface area contributed by atoms with Gasteiger partial charge in [0.1, 0.15) is 16.5 Å². The van der Waals surface area contributed by atoms with Crippen LogP contribution in [0.2, 0.25) is 5.02 Å². The topological polar surface area (TPSA) is 56.3 Å². The molecule has 0 fully saturated rings. The lowest BCUT2D eigenvalue weighted by Crippen LogP contribution is -2.05. The Bertz CT molecular complexity index is 625. The van der Waals surface area contributed by atoms with E-state index in [0.29, 0.717) is 22.6 Å². The van der Waals surface area contributed by atoms with Crippen molar-refractivity contribution in [1.82, 2.24) is 9.97 Å². The zero-order chi connectivity index (χ0) is 15.2. The van der Waals surface area contributed by atoms with Gasteiger partial charge in [-0.05, 0) is 40.5 Å². The molecule has 2 rings (SSSR count). The van der Waals surface area contributed by atoms with E-state index in [1.165, 1.54) is 6.20 Å². The van der Waals surface area contributed by atoms with Crippen LogP contribution in [0.5, 0.6) is 17.4 Å². The summed E-state index contributed by atoms with van der Waals surface area (Å²) in [6, 6.07) is 5.38. The van der Waals surface area contributed by atoms with Crippen LogP contribution in [0.3, 0.4) is 0 Å². The van der Waals surface area contributed by atoms with Gasteiger partial charge in [0.2, 0.25) is 11.8 Å². The molecule has 0 amide bonds. The highest BCUT2D eigenvalue weighted by Gasteiger charge is 2.10. The summed E-state index contributed by atoms with van der Waals surface area (Å²) in [6.45, 7) is 2.85. The maximum Gasteiger partial charge on any atom is 0.243 e. The molecule has 0 bridgehead atoms. The number of aromatic nitrogens is 2. The number of rotatable bonds is 6. The largest absolute Gasteiger partial charge is 0.497 e. The third-order valence-corrected chi connectivity index (χ3v) is 3.47. The molecule has 112 valence electrons. The number of anilines is 1. The van der Waals surface area contributed by atoms with Crippen molar-refractivity contribution in [2.24, 2.45) is 0 Å². The van der Waals surface area contributed by atoms with Gasteiger partial charge in [0.15, 0.2) is 0 Å². The van der Waals surface area contributed by atoms with Crippen LogP contribution < -0.4 is 14.8 Å². The second-order valence-electron chi connectivity index (χ2n) is 4.17. The monoisotopic (exact) mass is 371 g/mol. The molecular weight excluding hydrogens is 358 g/mol. The van der Waals surface area contributed by atoms with Crippen molar-refractivity contribution < 1.29 is 9.47 Å².